The van der Waals surface area contributed by atoms with Crippen LogP contribution >= 0.6 is 0 Å². The monoisotopic (exact) mass is 290 g/mol. The number of nitrogens with zero attached hydrogens (tertiary/aromatic N) is 3. The van der Waals surface area contributed by atoms with Crippen LogP contribution in [0.25, 0.3) is 0 Å². The van der Waals surface area contributed by atoms with Crippen molar-refractivity contribution in [2.24, 2.45) is 13.0 Å². The maximum absolute atomic E-state index is 12.6. The Labute approximate surface area is 126 Å². The molecular formula is C16H26N4O. The van der Waals surface area contributed by atoms with E-state index in [9.17, 15) is 4.79 Å². The van der Waals surface area contributed by atoms with Gasteiger partial charge in [0.15, 0.2) is 5.69 Å². The van der Waals surface area contributed by atoms with Crippen LogP contribution in [0.2, 0.25) is 0 Å². The standard InChI is InChI=1S/C16H26N4O/c1-17-8-5-12-6-9-20(10-7-12)16(21)14-11-15(13-3-4-13)19(2)18-14/h11-13,17H,3-10H2,1-2H3. The Bertz CT molecular complexity index is 498. The third-order valence-corrected chi connectivity index (χ3v) is 4.84. The molecule has 1 saturated carbocycles. The Morgan fingerprint density at radius 1 is 1.33 bits per heavy atom. The first-order valence-electron chi connectivity index (χ1n) is 8.17. The number of hydrogen-bond acceptors (Lipinski definition) is 3. The van der Waals surface area contributed by atoms with Crippen LogP contribution in [0.3, 0.4) is 0 Å². The quantitative estimate of drug-likeness (QED) is 0.899. The molecule has 1 aromatic rings. The van der Waals surface area contributed by atoms with E-state index in [1.165, 1.54) is 25.0 Å². The summed E-state index contributed by atoms with van der Waals surface area (Å²) in [6.45, 7) is 2.83. The number of carbonyl (C=O) groups is 1. The van der Waals surface area contributed by atoms with E-state index in [1.54, 1.807) is 0 Å². The molecule has 1 aromatic heterocycles. The molecule has 1 N–H and O–H groups in total. The summed E-state index contributed by atoms with van der Waals surface area (Å²) in [6, 6.07) is 2.01. The largest absolute Gasteiger partial charge is 0.337 e. The number of piperidine rings is 1. The number of likely N-dealkylation sites (tertiary alicyclic amines) is 1. The predicted molar refractivity (Wildman–Crippen MR) is 82.4 cm³/mol. The molecule has 116 valence electrons. The lowest BCUT2D eigenvalue weighted by atomic mass is 9.93. The first-order valence-corrected chi connectivity index (χ1v) is 8.17. The SMILES string of the molecule is CNCCC1CCN(C(=O)c2cc(C3CC3)n(C)n2)CC1. The third-order valence-electron chi connectivity index (χ3n) is 4.84. The highest BCUT2D eigenvalue weighted by Gasteiger charge is 2.30. The molecule has 0 unspecified atom stereocenters. The van der Waals surface area contributed by atoms with Crippen LogP contribution in [0.4, 0.5) is 0 Å². The van der Waals surface area contributed by atoms with Gasteiger partial charge in [-0.2, -0.15) is 5.10 Å². The summed E-state index contributed by atoms with van der Waals surface area (Å²) in [7, 11) is 3.95. The Morgan fingerprint density at radius 3 is 2.67 bits per heavy atom. The molecule has 3 rings (SSSR count). The van der Waals surface area contributed by atoms with Gasteiger partial charge in [0.05, 0.1) is 0 Å². The number of hydrogen-bond donors (Lipinski definition) is 1. The summed E-state index contributed by atoms with van der Waals surface area (Å²) in [5.74, 6) is 1.51. The molecule has 1 aliphatic carbocycles. The van der Waals surface area contributed by atoms with Gasteiger partial charge >= 0.3 is 0 Å². The van der Waals surface area contributed by atoms with Crippen LogP contribution in [-0.4, -0.2) is 47.3 Å². The van der Waals surface area contributed by atoms with Crippen molar-refractivity contribution in [1.82, 2.24) is 20.0 Å². The molecule has 1 saturated heterocycles. The molecular weight excluding hydrogens is 264 g/mol. The number of aryl methyl sites for hydroxylation is 1. The first-order chi connectivity index (χ1) is 10.2. The number of aromatic nitrogens is 2. The number of carbonyl (C=O) groups excluding carboxylic acids is 1. The van der Waals surface area contributed by atoms with Gasteiger partial charge in [0, 0.05) is 31.7 Å². The van der Waals surface area contributed by atoms with Crippen LogP contribution in [0, 0.1) is 5.92 Å². The Kier molecular flexibility index (Phi) is 4.29. The molecule has 0 bridgehead atoms. The molecule has 1 aliphatic heterocycles. The van der Waals surface area contributed by atoms with E-state index in [-0.39, 0.29) is 5.91 Å². The summed E-state index contributed by atoms with van der Waals surface area (Å²) in [4.78, 5) is 14.5. The van der Waals surface area contributed by atoms with Gasteiger partial charge in [-0.3, -0.25) is 9.48 Å². The highest BCUT2D eigenvalue weighted by Crippen LogP contribution is 2.40. The van der Waals surface area contributed by atoms with E-state index in [4.69, 9.17) is 0 Å². The van der Waals surface area contributed by atoms with Crippen molar-refractivity contribution >= 4 is 5.91 Å². The van der Waals surface area contributed by atoms with Crippen molar-refractivity contribution in [1.29, 1.82) is 0 Å². The zero-order valence-corrected chi connectivity index (χ0v) is 13.1. The maximum Gasteiger partial charge on any atom is 0.274 e. The summed E-state index contributed by atoms with van der Waals surface area (Å²) in [5, 5.41) is 7.64. The van der Waals surface area contributed by atoms with Crippen LogP contribution in [-0.2, 0) is 7.05 Å². The summed E-state index contributed by atoms with van der Waals surface area (Å²) < 4.78 is 1.89. The van der Waals surface area contributed by atoms with Crippen molar-refractivity contribution in [3.05, 3.63) is 17.5 Å². The lowest BCUT2D eigenvalue weighted by Gasteiger charge is -2.31. The molecule has 1 amide bonds. The second-order valence-corrected chi connectivity index (χ2v) is 6.48. The zero-order chi connectivity index (χ0) is 14.8. The van der Waals surface area contributed by atoms with Gasteiger partial charge < -0.3 is 10.2 Å². The number of nitrogens with one attached hydrogen (secondary N) is 1. The highest BCUT2D eigenvalue weighted by molar-refractivity contribution is 5.92. The van der Waals surface area contributed by atoms with Crippen LogP contribution in [0.15, 0.2) is 6.07 Å². The fourth-order valence-corrected chi connectivity index (χ4v) is 3.28. The fraction of sp³-hybridized carbons (Fsp3) is 0.750. The van der Waals surface area contributed by atoms with Crippen LogP contribution < -0.4 is 5.32 Å². The van der Waals surface area contributed by atoms with Crippen molar-refractivity contribution in [2.75, 3.05) is 26.7 Å². The number of amides is 1. The van der Waals surface area contributed by atoms with E-state index in [2.05, 4.69) is 10.4 Å². The Morgan fingerprint density at radius 2 is 2.05 bits per heavy atom. The molecule has 2 heterocycles. The molecule has 2 aliphatic rings. The molecule has 5 nitrogen and oxygen atoms in total. The normalized spacial score (nSPS) is 20.0. The lowest BCUT2D eigenvalue weighted by molar-refractivity contribution is 0.0680. The average Bonchev–Trinajstić information content (AvgIpc) is 3.27. The Balaban J connectivity index is 1.57. The molecule has 2 fully saturated rings. The number of rotatable bonds is 5. The van der Waals surface area contributed by atoms with Gasteiger partial charge in [0.2, 0.25) is 0 Å². The van der Waals surface area contributed by atoms with Gasteiger partial charge in [-0.1, -0.05) is 0 Å². The fourth-order valence-electron chi connectivity index (χ4n) is 3.28. The average molecular weight is 290 g/mol. The minimum Gasteiger partial charge on any atom is -0.337 e. The van der Waals surface area contributed by atoms with E-state index < -0.39 is 0 Å². The van der Waals surface area contributed by atoms with Crippen molar-refractivity contribution in [2.45, 2.75) is 38.0 Å². The molecule has 0 spiro atoms. The minimum atomic E-state index is 0.115. The smallest absolute Gasteiger partial charge is 0.274 e. The van der Waals surface area contributed by atoms with Crippen molar-refractivity contribution in [3.8, 4) is 0 Å². The van der Waals surface area contributed by atoms with Gasteiger partial charge in [-0.05, 0) is 57.7 Å². The summed E-state index contributed by atoms with van der Waals surface area (Å²) >= 11 is 0. The second kappa shape index (κ2) is 6.18. The summed E-state index contributed by atoms with van der Waals surface area (Å²) in [5.41, 5.74) is 1.86. The van der Waals surface area contributed by atoms with Gasteiger partial charge in [0.1, 0.15) is 0 Å². The van der Waals surface area contributed by atoms with Gasteiger partial charge in [-0.25, -0.2) is 0 Å². The molecule has 0 atom stereocenters. The molecule has 5 heteroatoms. The molecule has 0 aromatic carbocycles. The van der Waals surface area contributed by atoms with E-state index >= 15 is 0 Å². The van der Waals surface area contributed by atoms with E-state index in [0.717, 1.165) is 38.4 Å². The second-order valence-electron chi connectivity index (χ2n) is 6.48. The predicted octanol–water partition coefficient (Wildman–Crippen LogP) is 1.76. The summed E-state index contributed by atoms with van der Waals surface area (Å²) in [6.07, 6.45) is 5.94. The lowest BCUT2D eigenvalue weighted by Crippen LogP contribution is -2.39. The minimum absolute atomic E-state index is 0.115. The highest BCUT2D eigenvalue weighted by atomic mass is 16.2. The third kappa shape index (κ3) is 3.28. The van der Waals surface area contributed by atoms with Gasteiger partial charge in [-0.15, -0.1) is 0 Å². The Hall–Kier alpha value is -1.36. The van der Waals surface area contributed by atoms with E-state index in [0.29, 0.717) is 11.6 Å². The van der Waals surface area contributed by atoms with Crippen molar-refractivity contribution in [3.63, 3.8) is 0 Å². The molecule has 21 heavy (non-hydrogen) atoms. The maximum atomic E-state index is 12.6. The molecule has 0 radical (unpaired) electrons. The van der Waals surface area contributed by atoms with Gasteiger partial charge in [0.25, 0.3) is 5.91 Å². The first kappa shape index (κ1) is 14.6. The van der Waals surface area contributed by atoms with Crippen molar-refractivity contribution < 1.29 is 4.79 Å². The van der Waals surface area contributed by atoms with Crippen LogP contribution in [0.5, 0.6) is 0 Å². The van der Waals surface area contributed by atoms with E-state index in [1.807, 2.05) is 29.7 Å². The topological polar surface area (TPSA) is 50.2 Å². The zero-order valence-electron chi connectivity index (χ0n) is 13.1. The van der Waals surface area contributed by atoms with Crippen LogP contribution in [0.1, 0.15) is 54.2 Å².